The molecular formula is C27H45N3O5. The number of methoxy groups -OCH3 is 1. The zero-order valence-corrected chi connectivity index (χ0v) is 23.1. The summed E-state index contributed by atoms with van der Waals surface area (Å²) in [6, 6.07) is 6.42. The van der Waals surface area contributed by atoms with E-state index in [9.17, 15) is 9.59 Å². The van der Waals surface area contributed by atoms with Crippen molar-refractivity contribution in [1.82, 2.24) is 9.80 Å². The van der Waals surface area contributed by atoms with Crippen molar-refractivity contribution in [3.63, 3.8) is 0 Å². The summed E-state index contributed by atoms with van der Waals surface area (Å²) in [5.74, 6) is 0.372. The Bertz CT molecular complexity index is 853. The largest absolute Gasteiger partial charge is 0.492 e. The molecule has 1 saturated heterocycles. The van der Waals surface area contributed by atoms with E-state index in [0.717, 1.165) is 43.1 Å². The van der Waals surface area contributed by atoms with E-state index in [1.807, 2.05) is 39.0 Å². The van der Waals surface area contributed by atoms with Crippen molar-refractivity contribution >= 4 is 17.6 Å². The third kappa shape index (κ3) is 8.69. The molecule has 1 heterocycles. The van der Waals surface area contributed by atoms with E-state index in [-0.39, 0.29) is 24.0 Å². The summed E-state index contributed by atoms with van der Waals surface area (Å²) in [5.41, 5.74) is 0.653. The van der Waals surface area contributed by atoms with Crippen molar-refractivity contribution < 1.29 is 23.8 Å². The molecule has 2 rings (SSSR count). The lowest BCUT2D eigenvalue weighted by atomic mass is 10.0. The van der Waals surface area contributed by atoms with Crippen LogP contribution in [-0.2, 0) is 25.5 Å². The summed E-state index contributed by atoms with van der Waals surface area (Å²) in [7, 11) is 1.39. The summed E-state index contributed by atoms with van der Waals surface area (Å²) in [5, 5.41) is 3.24. The molecule has 1 aromatic rings. The molecule has 0 spiro atoms. The second-order valence-corrected chi connectivity index (χ2v) is 11.0. The number of nitrogens with one attached hydrogen (secondary N) is 1. The Kier molecular flexibility index (Phi) is 9.98. The van der Waals surface area contributed by atoms with Crippen LogP contribution in [0.4, 0.5) is 5.69 Å². The van der Waals surface area contributed by atoms with Gasteiger partial charge >= 0.3 is 11.9 Å². The molecule has 0 amide bonds. The molecule has 198 valence electrons. The van der Waals surface area contributed by atoms with Crippen LogP contribution < -0.4 is 10.1 Å². The van der Waals surface area contributed by atoms with Gasteiger partial charge in [-0.3, -0.25) is 14.6 Å². The SMILES string of the molecule is CCc1cc(NC(C)(C)C(=O)OC)ccc1OCCN1C[C@@H](C)N(CC(=O)OC(C)(C)C)[C@@H](C)C1. The molecule has 1 aromatic carbocycles. The van der Waals surface area contributed by atoms with E-state index >= 15 is 0 Å². The minimum Gasteiger partial charge on any atom is -0.492 e. The first-order chi connectivity index (χ1) is 16.3. The molecule has 0 aliphatic carbocycles. The highest BCUT2D eigenvalue weighted by atomic mass is 16.6. The van der Waals surface area contributed by atoms with Gasteiger partial charge in [-0.1, -0.05) is 6.92 Å². The summed E-state index contributed by atoms with van der Waals surface area (Å²) in [6.45, 7) is 19.1. The Hall–Kier alpha value is -2.32. The number of rotatable bonds is 10. The standard InChI is InChI=1S/C27H45N3O5/c1-10-21-15-22(28-27(7,8)25(32)33-9)11-12-23(21)34-14-13-29-16-19(2)30(20(3)17-29)18-24(31)35-26(4,5)6/h11-12,15,19-20,28H,10,13-14,16-18H2,1-9H3/t19-,20+. The lowest BCUT2D eigenvalue weighted by molar-refractivity contribution is -0.158. The van der Waals surface area contributed by atoms with Crippen molar-refractivity contribution in [3.8, 4) is 5.75 Å². The predicted molar refractivity (Wildman–Crippen MR) is 139 cm³/mol. The molecule has 0 aromatic heterocycles. The molecule has 0 unspecified atom stereocenters. The first-order valence-corrected chi connectivity index (χ1v) is 12.6. The summed E-state index contributed by atoms with van der Waals surface area (Å²) in [4.78, 5) is 28.9. The van der Waals surface area contributed by atoms with Crippen molar-refractivity contribution in [3.05, 3.63) is 23.8 Å². The topological polar surface area (TPSA) is 80.3 Å². The maximum Gasteiger partial charge on any atom is 0.330 e. The smallest absolute Gasteiger partial charge is 0.330 e. The van der Waals surface area contributed by atoms with E-state index in [0.29, 0.717) is 13.2 Å². The molecule has 1 aliphatic heterocycles. The van der Waals surface area contributed by atoms with Gasteiger partial charge in [0.15, 0.2) is 0 Å². The number of carbonyl (C=O) groups is 2. The van der Waals surface area contributed by atoms with Crippen molar-refractivity contribution in [2.24, 2.45) is 0 Å². The zero-order chi connectivity index (χ0) is 26.4. The van der Waals surface area contributed by atoms with Crippen molar-refractivity contribution in [2.45, 2.75) is 85.0 Å². The van der Waals surface area contributed by atoms with Gasteiger partial charge in [0.05, 0.1) is 13.7 Å². The van der Waals surface area contributed by atoms with Crippen LogP contribution >= 0.6 is 0 Å². The van der Waals surface area contributed by atoms with Crippen LogP contribution in [0, 0.1) is 0 Å². The van der Waals surface area contributed by atoms with E-state index in [1.54, 1.807) is 13.8 Å². The van der Waals surface area contributed by atoms with Crippen LogP contribution in [0.25, 0.3) is 0 Å². The number of anilines is 1. The van der Waals surface area contributed by atoms with E-state index in [4.69, 9.17) is 14.2 Å². The number of ether oxygens (including phenoxy) is 3. The van der Waals surface area contributed by atoms with Gasteiger partial charge in [-0.05, 0) is 78.6 Å². The molecule has 2 atom stereocenters. The number of nitrogens with zero attached hydrogens (tertiary/aromatic N) is 2. The van der Waals surface area contributed by atoms with Crippen LogP contribution in [0.15, 0.2) is 18.2 Å². The maximum atomic E-state index is 12.3. The van der Waals surface area contributed by atoms with Gasteiger partial charge in [0, 0.05) is 37.4 Å². The first-order valence-electron chi connectivity index (χ1n) is 12.6. The molecular weight excluding hydrogens is 446 g/mol. The zero-order valence-electron chi connectivity index (χ0n) is 23.1. The average Bonchev–Trinajstić information content (AvgIpc) is 2.75. The number of benzene rings is 1. The number of piperazine rings is 1. The fourth-order valence-corrected chi connectivity index (χ4v) is 4.51. The van der Waals surface area contributed by atoms with Gasteiger partial charge in [0.2, 0.25) is 0 Å². The average molecular weight is 492 g/mol. The Morgan fingerprint density at radius 3 is 2.26 bits per heavy atom. The number of aryl methyl sites for hydroxylation is 1. The number of hydrogen-bond donors (Lipinski definition) is 1. The minimum atomic E-state index is -0.818. The Morgan fingerprint density at radius 1 is 1.09 bits per heavy atom. The van der Waals surface area contributed by atoms with E-state index in [1.165, 1.54) is 7.11 Å². The highest BCUT2D eigenvalue weighted by Gasteiger charge is 2.32. The molecule has 1 N–H and O–H groups in total. The van der Waals surface area contributed by atoms with Crippen LogP contribution in [0.3, 0.4) is 0 Å². The van der Waals surface area contributed by atoms with Gasteiger partial charge in [-0.15, -0.1) is 0 Å². The Balaban J connectivity index is 1.89. The molecule has 0 saturated carbocycles. The lowest BCUT2D eigenvalue weighted by Gasteiger charge is -2.44. The van der Waals surface area contributed by atoms with Gasteiger partial charge in [-0.2, -0.15) is 0 Å². The molecule has 1 fully saturated rings. The van der Waals surface area contributed by atoms with Crippen LogP contribution in [0.1, 0.15) is 61.0 Å². The predicted octanol–water partition coefficient (Wildman–Crippen LogP) is 3.73. The minimum absolute atomic E-state index is 0.173. The molecule has 8 nitrogen and oxygen atoms in total. The van der Waals surface area contributed by atoms with Crippen LogP contribution in [-0.4, -0.2) is 84.9 Å². The summed E-state index contributed by atoms with van der Waals surface area (Å²) < 4.78 is 16.5. The normalized spacial score (nSPS) is 19.8. The lowest BCUT2D eigenvalue weighted by Crippen LogP contribution is -2.58. The van der Waals surface area contributed by atoms with Crippen LogP contribution in [0.5, 0.6) is 5.75 Å². The van der Waals surface area contributed by atoms with E-state index in [2.05, 4.69) is 35.9 Å². The van der Waals surface area contributed by atoms with Gasteiger partial charge in [-0.25, -0.2) is 4.79 Å². The number of esters is 2. The van der Waals surface area contributed by atoms with Crippen molar-refractivity contribution in [2.75, 3.05) is 45.2 Å². The quantitative estimate of drug-likeness (QED) is 0.496. The van der Waals surface area contributed by atoms with Crippen molar-refractivity contribution in [1.29, 1.82) is 0 Å². The molecule has 35 heavy (non-hydrogen) atoms. The molecule has 1 aliphatic rings. The maximum absolute atomic E-state index is 12.3. The monoisotopic (exact) mass is 491 g/mol. The molecule has 8 heteroatoms. The third-order valence-electron chi connectivity index (χ3n) is 6.17. The fourth-order valence-electron chi connectivity index (χ4n) is 4.51. The third-order valence-corrected chi connectivity index (χ3v) is 6.17. The van der Waals surface area contributed by atoms with Gasteiger partial charge in [0.25, 0.3) is 0 Å². The van der Waals surface area contributed by atoms with Crippen LogP contribution in [0.2, 0.25) is 0 Å². The Labute approximate surface area is 211 Å². The second-order valence-electron chi connectivity index (χ2n) is 11.0. The fraction of sp³-hybridized carbons (Fsp3) is 0.704. The van der Waals surface area contributed by atoms with E-state index < -0.39 is 11.1 Å². The molecule has 0 bridgehead atoms. The highest BCUT2D eigenvalue weighted by Crippen LogP contribution is 2.26. The van der Waals surface area contributed by atoms with Gasteiger partial charge in [0.1, 0.15) is 23.5 Å². The second kappa shape index (κ2) is 12.1. The Morgan fingerprint density at radius 2 is 1.71 bits per heavy atom. The summed E-state index contributed by atoms with van der Waals surface area (Å²) in [6.07, 6.45) is 0.820. The van der Waals surface area contributed by atoms with Gasteiger partial charge < -0.3 is 19.5 Å². The first kappa shape index (κ1) is 28.9. The molecule has 0 radical (unpaired) electrons. The summed E-state index contributed by atoms with van der Waals surface area (Å²) >= 11 is 0. The number of hydrogen-bond acceptors (Lipinski definition) is 8. The number of carbonyl (C=O) groups excluding carboxylic acids is 2. The highest BCUT2D eigenvalue weighted by molar-refractivity contribution is 5.83.